The zero-order chi connectivity index (χ0) is 34.1. The number of likely N-dealkylation sites (tertiary alicyclic amines) is 1. The van der Waals surface area contributed by atoms with Crippen LogP contribution >= 0.6 is 24.0 Å². The Balaban J connectivity index is 1.47. The fourth-order valence-electron chi connectivity index (χ4n) is 6.80. The Bertz CT molecular complexity index is 1570. The summed E-state index contributed by atoms with van der Waals surface area (Å²) >= 11 is 5.47. The van der Waals surface area contributed by atoms with Gasteiger partial charge in [-0.25, -0.2) is 9.37 Å². The quantitative estimate of drug-likeness (QED) is 0.164. The number of fused-ring (bicyclic) bond motifs is 2. The second kappa shape index (κ2) is 11.6. The molecular weight excluding hydrogens is 650 g/mol. The summed E-state index contributed by atoms with van der Waals surface area (Å²) in [5.74, 6) is -5.84. The molecule has 4 amide bonds. The average molecular weight is 688 g/mol. The summed E-state index contributed by atoms with van der Waals surface area (Å²) in [7, 11) is 0. The number of carbonyl (C=O) groups excluding carboxylic acids is 4. The average Bonchev–Trinajstić information content (AvgIpc) is 3.46. The Morgan fingerprint density at radius 2 is 1.89 bits per heavy atom. The summed E-state index contributed by atoms with van der Waals surface area (Å²) in [4.78, 5) is 55.9. The molecule has 2 saturated heterocycles. The zero-order valence-corrected chi connectivity index (χ0v) is 27.6. The van der Waals surface area contributed by atoms with Crippen molar-refractivity contribution in [2.75, 3.05) is 13.1 Å². The summed E-state index contributed by atoms with van der Waals surface area (Å²) in [5, 5.41) is 19.1. The standard InChI is InChI=1S/C30H37F4N5O5S2/c1-27(2,3)21(38-25(43)30(32,33)34)24(42)39-12-14-18(28(14,4)5)20(39)23(41)36-17(11-13-9-10-35-22(13)40)29(44,45)26-37-19-15(31)7-6-8-16(19)46-26/h6-8,13-14,17-18,20-21,44-45H,9-12H2,1-5H3,(H,35,40)(H,36,41)(H,38,43)/t13-,14-,17-,18-,20-,21+,29+/m0/s1. The lowest BCUT2D eigenvalue weighted by atomic mass is 9.85. The number of amides is 4. The van der Waals surface area contributed by atoms with Crippen molar-refractivity contribution >= 4 is 57.8 Å². The molecule has 10 nitrogen and oxygen atoms in total. The number of rotatable bonds is 8. The van der Waals surface area contributed by atoms with E-state index >= 15 is 0 Å². The Kier molecular flexibility index (Phi) is 8.68. The second-order valence-corrected chi connectivity index (χ2v) is 15.8. The third-order valence-electron chi connectivity index (χ3n) is 9.58. The van der Waals surface area contributed by atoms with Crippen LogP contribution in [0, 0.1) is 34.4 Å². The molecule has 7 atom stereocenters. The first-order valence-electron chi connectivity index (χ1n) is 14.9. The van der Waals surface area contributed by atoms with Crippen LogP contribution in [0.1, 0.15) is 52.5 Å². The summed E-state index contributed by atoms with van der Waals surface area (Å²) in [5.41, 5.74) is -1.52. The zero-order valence-electron chi connectivity index (χ0n) is 25.9. The first-order valence-corrected chi connectivity index (χ1v) is 16.2. The lowest BCUT2D eigenvalue weighted by Gasteiger charge is -2.39. The number of aromatic nitrogens is 1. The number of alkyl halides is 3. The maximum absolute atomic E-state index is 14.5. The van der Waals surface area contributed by atoms with E-state index in [-0.39, 0.29) is 46.6 Å². The number of thiol groups is 1. The SMILES string of the molecule is CC(C)(C)[C@H](NC(=O)C(F)(F)F)C(=O)N1C[C@H]2[C@@H]([C@H]1C(=O)N[C@@H](C[C@@H]1CCNC1=O)[C@@](O)(S)c1nc3c(F)cccc3s1)C2(C)C. The number of hydrogen-bond donors (Lipinski definition) is 5. The number of carbonyl (C=O) groups is 4. The van der Waals surface area contributed by atoms with E-state index in [1.807, 2.05) is 19.2 Å². The van der Waals surface area contributed by atoms with Gasteiger partial charge >= 0.3 is 12.1 Å². The lowest BCUT2D eigenvalue weighted by molar-refractivity contribution is -0.176. The molecule has 2 aliphatic heterocycles. The molecule has 1 aliphatic carbocycles. The largest absolute Gasteiger partial charge is 0.471 e. The molecule has 0 spiro atoms. The predicted octanol–water partition coefficient (Wildman–Crippen LogP) is 3.10. The Morgan fingerprint density at radius 1 is 1.22 bits per heavy atom. The molecule has 5 rings (SSSR count). The van der Waals surface area contributed by atoms with E-state index in [2.05, 4.69) is 28.2 Å². The van der Waals surface area contributed by atoms with Gasteiger partial charge in [-0.2, -0.15) is 13.2 Å². The minimum atomic E-state index is -5.23. The molecule has 0 radical (unpaired) electrons. The summed E-state index contributed by atoms with van der Waals surface area (Å²) < 4.78 is 54.6. The van der Waals surface area contributed by atoms with Crippen molar-refractivity contribution in [3.63, 3.8) is 0 Å². The van der Waals surface area contributed by atoms with Crippen molar-refractivity contribution in [1.29, 1.82) is 0 Å². The van der Waals surface area contributed by atoms with Gasteiger partial charge in [-0.05, 0) is 47.6 Å². The summed E-state index contributed by atoms with van der Waals surface area (Å²) in [6, 6.07) is 0.310. The van der Waals surface area contributed by atoms with Crippen molar-refractivity contribution in [1.82, 2.24) is 25.8 Å². The molecule has 1 saturated carbocycles. The highest BCUT2D eigenvalue weighted by Gasteiger charge is 2.70. The van der Waals surface area contributed by atoms with Crippen molar-refractivity contribution in [2.45, 2.75) is 76.7 Å². The molecule has 3 fully saturated rings. The highest BCUT2D eigenvalue weighted by molar-refractivity contribution is 7.81. The van der Waals surface area contributed by atoms with Crippen molar-refractivity contribution in [3.8, 4) is 0 Å². The van der Waals surface area contributed by atoms with E-state index in [0.717, 1.165) is 11.3 Å². The van der Waals surface area contributed by atoms with Gasteiger partial charge in [-0.15, -0.1) is 24.0 Å². The fraction of sp³-hybridized carbons (Fsp3) is 0.633. The molecule has 46 heavy (non-hydrogen) atoms. The Hall–Kier alpha value is -2.98. The van der Waals surface area contributed by atoms with Crippen molar-refractivity contribution < 1.29 is 41.8 Å². The van der Waals surface area contributed by atoms with Gasteiger partial charge in [0.15, 0.2) is 4.93 Å². The van der Waals surface area contributed by atoms with Crippen LogP contribution in [0.3, 0.4) is 0 Å². The minimum Gasteiger partial charge on any atom is -0.371 e. The Morgan fingerprint density at radius 3 is 2.46 bits per heavy atom. The number of para-hydroxylation sites is 1. The van der Waals surface area contributed by atoms with Crippen LogP contribution < -0.4 is 16.0 Å². The number of aliphatic hydroxyl groups is 1. The van der Waals surface area contributed by atoms with Crippen LogP contribution in [-0.2, 0) is 24.1 Å². The lowest BCUT2D eigenvalue weighted by Crippen LogP contribution is -2.61. The maximum Gasteiger partial charge on any atom is 0.471 e. The van der Waals surface area contributed by atoms with Gasteiger partial charge in [-0.1, -0.05) is 40.7 Å². The molecule has 3 heterocycles. The molecular formula is C30H37F4N5O5S2. The highest BCUT2D eigenvalue weighted by Crippen LogP contribution is 2.65. The number of nitrogens with zero attached hydrogens (tertiary/aromatic N) is 2. The van der Waals surface area contributed by atoms with Gasteiger partial charge in [0.2, 0.25) is 17.7 Å². The predicted molar refractivity (Wildman–Crippen MR) is 164 cm³/mol. The van der Waals surface area contributed by atoms with Gasteiger partial charge in [0.1, 0.15) is 28.4 Å². The summed E-state index contributed by atoms with van der Waals surface area (Å²) in [6.45, 7) is 8.82. The minimum absolute atomic E-state index is 0.00271. The molecule has 4 N–H and O–H groups in total. The van der Waals surface area contributed by atoms with Crippen LogP contribution in [0.15, 0.2) is 18.2 Å². The van der Waals surface area contributed by atoms with Gasteiger partial charge in [0.25, 0.3) is 0 Å². The third kappa shape index (κ3) is 6.19. The monoisotopic (exact) mass is 687 g/mol. The number of halogens is 4. The van der Waals surface area contributed by atoms with E-state index in [0.29, 0.717) is 17.7 Å². The Labute approximate surface area is 272 Å². The van der Waals surface area contributed by atoms with Gasteiger partial charge in [0.05, 0.1) is 10.7 Å². The van der Waals surface area contributed by atoms with Gasteiger partial charge in [0, 0.05) is 19.0 Å². The number of benzene rings is 1. The van der Waals surface area contributed by atoms with Crippen molar-refractivity contribution in [2.24, 2.45) is 28.6 Å². The van der Waals surface area contributed by atoms with E-state index in [9.17, 15) is 41.8 Å². The molecule has 1 aromatic heterocycles. The topological polar surface area (TPSA) is 141 Å². The molecule has 1 aromatic carbocycles. The molecule has 252 valence electrons. The highest BCUT2D eigenvalue weighted by atomic mass is 32.1. The van der Waals surface area contributed by atoms with Crippen LogP contribution in [0.2, 0.25) is 0 Å². The first kappa shape index (κ1) is 34.4. The molecule has 0 unspecified atom stereocenters. The van der Waals surface area contributed by atoms with E-state index in [1.54, 1.807) is 6.07 Å². The first-order chi connectivity index (χ1) is 21.2. The van der Waals surface area contributed by atoms with Crippen LogP contribution in [0.5, 0.6) is 0 Å². The summed E-state index contributed by atoms with van der Waals surface area (Å²) in [6.07, 6.45) is -4.88. The number of piperidine rings is 1. The second-order valence-electron chi connectivity index (χ2n) is 14.1. The molecule has 0 bridgehead atoms. The van der Waals surface area contributed by atoms with Crippen LogP contribution in [-0.4, -0.2) is 76.0 Å². The fourth-order valence-corrected chi connectivity index (χ4v) is 8.18. The van der Waals surface area contributed by atoms with Gasteiger partial charge in [-0.3, -0.25) is 19.2 Å². The molecule has 2 aromatic rings. The van der Waals surface area contributed by atoms with Crippen molar-refractivity contribution in [3.05, 3.63) is 29.0 Å². The van der Waals surface area contributed by atoms with Crippen LogP contribution in [0.4, 0.5) is 17.6 Å². The maximum atomic E-state index is 14.5. The third-order valence-corrected chi connectivity index (χ3v) is 11.4. The number of thiazole rings is 1. The molecule has 3 aliphatic rings. The molecule has 16 heteroatoms. The van der Waals surface area contributed by atoms with Gasteiger partial charge < -0.3 is 26.0 Å². The smallest absolute Gasteiger partial charge is 0.371 e. The number of nitrogens with one attached hydrogen (secondary N) is 3. The van der Waals surface area contributed by atoms with E-state index < -0.39 is 64.1 Å². The normalized spacial score (nSPS) is 26.6. The number of hydrogen-bond acceptors (Lipinski definition) is 8. The van der Waals surface area contributed by atoms with Crippen LogP contribution in [0.25, 0.3) is 10.2 Å². The van der Waals surface area contributed by atoms with E-state index in [4.69, 9.17) is 0 Å². The van der Waals surface area contributed by atoms with E-state index in [1.165, 1.54) is 37.8 Å².